The van der Waals surface area contributed by atoms with E-state index < -0.39 is 7.60 Å². The van der Waals surface area contributed by atoms with Gasteiger partial charge in [-0.1, -0.05) is 90.4 Å². The van der Waals surface area contributed by atoms with Crippen LogP contribution in [0.4, 0.5) is 5.82 Å². The number of nitrogens with two attached hydrogens (primary N) is 1. The molecule has 0 spiro atoms. The first-order chi connectivity index (χ1) is 19.5. The van der Waals surface area contributed by atoms with Crippen molar-refractivity contribution in [1.82, 2.24) is 19.5 Å². The number of rotatable bonds is 26. The molecular weight excluding hydrogens is 545 g/mol. The van der Waals surface area contributed by atoms with Gasteiger partial charge >= 0.3 is 7.60 Å². The molecule has 0 aromatic carbocycles. The largest absolute Gasteiger partial charge is 0.382 e. The maximum atomic E-state index is 12.9. The Bertz CT molecular complexity index is 964. The summed E-state index contributed by atoms with van der Waals surface area (Å²) in [6.45, 7) is 5.05. The number of anilines is 1. The summed E-state index contributed by atoms with van der Waals surface area (Å²) >= 11 is 1.95. The van der Waals surface area contributed by atoms with Crippen molar-refractivity contribution in [2.24, 2.45) is 0 Å². The first-order valence-corrected chi connectivity index (χ1v) is 18.3. The Hall–Kier alpha value is -1.19. The van der Waals surface area contributed by atoms with Crippen LogP contribution in [0, 0.1) is 0 Å². The third kappa shape index (κ3) is 14.6. The fourth-order valence-electron chi connectivity index (χ4n) is 4.59. The van der Waals surface area contributed by atoms with Crippen molar-refractivity contribution in [2.45, 2.75) is 123 Å². The molecule has 1 unspecified atom stereocenters. The summed E-state index contributed by atoms with van der Waals surface area (Å²) in [5.41, 5.74) is 7.04. The topological polar surface area (TPSA) is 114 Å². The van der Waals surface area contributed by atoms with Crippen LogP contribution in [-0.4, -0.2) is 57.2 Å². The highest BCUT2D eigenvalue weighted by molar-refractivity contribution is 7.99. The van der Waals surface area contributed by atoms with Crippen molar-refractivity contribution in [2.75, 3.05) is 37.3 Å². The number of ether oxygens (including phenoxy) is 1. The number of hydrogen-bond acceptors (Lipinski definition) is 9. The summed E-state index contributed by atoms with van der Waals surface area (Å²) in [4.78, 5) is 12.5. The molecule has 0 aliphatic rings. The molecule has 0 radical (unpaired) electrons. The van der Waals surface area contributed by atoms with Gasteiger partial charge in [0.25, 0.3) is 0 Å². The highest BCUT2D eigenvalue weighted by atomic mass is 32.2. The molecule has 0 amide bonds. The smallest absolute Gasteiger partial charge is 0.355 e. The molecule has 2 rings (SSSR count). The molecule has 230 valence electrons. The van der Waals surface area contributed by atoms with Gasteiger partial charge in [-0.05, 0) is 31.3 Å². The van der Waals surface area contributed by atoms with Gasteiger partial charge < -0.3 is 24.1 Å². The van der Waals surface area contributed by atoms with E-state index >= 15 is 0 Å². The zero-order chi connectivity index (χ0) is 28.9. The van der Waals surface area contributed by atoms with Crippen molar-refractivity contribution in [3.8, 4) is 0 Å². The minimum Gasteiger partial charge on any atom is -0.382 e. The van der Waals surface area contributed by atoms with Crippen molar-refractivity contribution in [1.29, 1.82) is 0 Å². The molecule has 2 atom stereocenters. The van der Waals surface area contributed by atoms with E-state index in [1.807, 2.05) is 23.3 Å². The fraction of sp³-hybridized carbons (Fsp3) is 0.828. The van der Waals surface area contributed by atoms with Gasteiger partial charge in [0.1, 0.15) is 18.2 Å². The number of unbranched alkanes of at least 4 members (excludes halogenated alkanes) is 13. The summed E-state index contributed by atoms with van der Waals surface area (Å²) in [5.74, 6) is 2.52. The fourth-order valence-corrected chi connectivity index (χ4v) is 6.65. The zero-order valence-electron chi connectivity index (χ0n) is 25.2. The van der Waals surface area contributed by atoms with E-state index in [-0.39, 0.29) is 12.5 Å². The second-order valence-electron chi connectivity index (χ2n) is 10.6. The van der Waals surface area contributed by atoms with E-state index in [1.165, 1.54) is 109 Å². The Morgan fingerprint density at radius 3 is 2.12 bits per heavy atom. The molecule has 11 heteroatoms. The van der Waals surface area contributed by atoms with E-state index in [2.05, 4.69) is 21.9 Å². The van der Waals surface area contributed by atoms with Gasteiger partial charge in [0.2, 0.25) is 0 Å². The minimum absolute atomic E-state index is 0.0966. The van der Waals surface area contributed by atoms with E-state index in [9.17, 15) is 4.57 Å². The van der Waals surface area contributed by atoms with Crippen LogP contribution in [0.25, 0.3) is 11.2 Å². The first kappa shape index (κ1) is 35.0. The lowest BCUT2D eigenvalue weighted by Gasteiger charge is -2.19. The predicted octanol–water partition coefficient (Wildman–Crippen LogP) is 8.23. The molecule has 0 bridgehead atoms. The molecule has 9 nitrogen and oxygen atoms in total. The van der Waals surface area contributed by atoms with Gasteiger partial charge in [0.05, 0.1) is 25.6 Å². The van der Waals surface area contributed by atoms with Crippen molar-refractivity contribution in [3.63, 3.8) is 0 Å². The van der Waals surface area contributed by atoms with Crippen LogP contribution in [0.3, 0.4) is 0 Å². The molecule has 2 heterocycles. The Labute approximate surface area is 246 Å². The Balaban J connectivity index is 1.42. The maximum Gasteiger partial charge on any atom is 0.355 e. The standard InChI is InChI=1S/C29H54N5O4PS/c1-4-5-6-7-8-9-10-11-12-13-14-15-16-17-20-40-21-18-19-38-39(35,36-3)25-37-26(2)22-34-24-33-27-28(30)31-23-32-29(27)34/h23-24,26H,4-22,25H2,1-3H3,(H2,30,31,32)/t26-,39?/m1/s1. The van der Waals surface area contributed by atoms with Gasteiger partial charge in [-0.25, -0.2) is 15.0 Å². The van der Waals surface area contributed by atoms with Crippen LogP contribution in [-0.2, 0) is 24.9 Å². The van der Waals surface area contributed by atoms with Crippen LogP contribution in [0.2, 0.25) is 0 Å². The average Bonchev–Trinajstić information content (AvgIpc) is 3.37. The van der Waals surface area contributed by atoms with Crippen LogP contribution in [0.15, 0.2) is 12.7 Å². The third-order valence-corrected chi connectivity index (χ3v) is 9.79. The monoisotopic (exact) mass is 599 g/mol. The Morgan fingerprint density at radius 2 is 1.50 bits per heavy atom. The highest BCUT2D eigenvalue weighted by Gasteiger charge is 2.25. The predicted molar refractivity (Wildman–Crippen MR) is 168 cm³/mol. The second-order valence-corrected chi connectivity index (χ2v) is 14.0. The van der Waals surface area contributed by atoms with E-state index in [0.717, 1.165) is 12.2 Å². The van der Waals surface area contributed by atoms with Gasteiger partial charge in [0, 0.05) is 7.11 Å². The zero-order valence-corrected chi connectivity index (χ0v) is 26.9. The quantitative estimate of drug-likeness (QED) is 0.0843. The molecule has 0 aliphatic carbocycles. The van der Waals surface area contributed by atoms with Gasteiger partial charge in [0.15, 0.2) is 11.5 Å². The summed E-state index contributed by atoms with van der Waals surface area (Å²) in [5, 5.41) is 0. The van der Waals surface area contributed by atoms with Crippen LogP contribution in [0.5, 0.6) is 0 Å². The number of nitrogens with zero attached hydrogens (tertiary/aromatic N) is 4. The Kier molecular flexibility index (Phi) is 18.8. The number of aromatic nitrogens is 4. The highest BCUT2D eigenvalue weighted by Crippen LogP contribution is 2.47. The number of thioether (sulfide) groups is 1. The molecule has 2 aromatic heterocycles. The maximum absolute atomic E-state index is 12.9. The molecule has 0 saturated heterocycles. The number of hydrogen-bond donors (Lipinski definition) is 1. The van der Waals surface area contributed by atoms with Crippen LogP contribution in [0.1, 0.15) is 110 Å². The SMILES string of the molecule is CCCCCCCCCCCCCCCCSCCCOP(=O)(CO[C@H](C)Cn1cnc2c(N)ncnc21)OC. The van der Waals surface area contributed by atoms with E-state index in [0.29, 0.717) is 30.1 Å². The lowest BCUT2D eigenvalue weighted by Crippen LogP contribution is -2.18. The summed E-state index contributed by atoms with van der Waals surface area (Å²) < 4.78 is 31.3. The Morgan fingerprint density at radius 1 is 0.900 bits per heavy atom. The second kappa shape index (κ2) is 21.5. The van der Waals surface area contributed by atoms with E-state index in [4.69, 9.17) is 19.5 Å². The molecular formula is C29H54N5O4PS. The van der Waals surface area contributed by atoms with Crippen molar-refractivity contribution >= 4 is 36.3 Å². The van der Waals surface area contributed by atoms with Crippen LogP contribution < -0.4 is 5.73 Å². The molecule has 2 N–H and O–H groups in total. The van der Waals surface area contributed by atoms with Crippen LogP contribution >= 0.6 is 19.4 Å². The van der Waals surface area contributed by atoms with Gasteiger partial charge in [-0.3, -0.25) is 4.57 Å². The summed E-state index contributed by atoms with van der Waals surface area (Å²) in [7, 11) is -1.89. The first-order valence-electron chi connectivity index (χ1n) is 15.4. The van der Waals surface area contributed by atoms with E-state index in [1.54, 1.807) is 6.33 Å². The lowest BCUT2D eigenvalue weighted by atomic mass is 10.0. The average molecular weight is 600 g/mol. The molecule has 2 aromatic rings. The summed E-state index contributed by atoms with van der Waals surface area (Å²) in [6, 6.07) is 0. The molecule has 0 saturated carbocycles. The minimum atomic E-state index is -3.29. The van der Waals surface area contributed by atoms with Crippen molar-refractivity contribution < 1.29 is 18.3 Å². The summed E-state index contributed by atoms with van der Waals surface area (Å²) in [6.07, 6.45) is 23.0. The number of nitrogen functional groups attached to an aromatic ring is 1. The van der Waals surface area contributed by atoms with Crippen molar-refractivity contribution in [3.05, 3.63) is 12.7 Å². The molecule has 40 heavy (non-hydrogen) atoms. The van der Waals surface area contributed by atoms with Gasteiger partial charge in [-0.2, -0.15) is 11.8 Å². The number of fused-ring (bicyclic) bond motifs is 1. The third-order valence-electron chi connectivity index (χ3n) is 7.04. The molecule has 0 fully saturated rings. The number of imidazole rings is 1. The lowest BCUT2D eigenvalue weighted by molar-refractivity contribution is 0.0690. The molecule has 0 aliphatic heterocycles. The normalized spacial score (nSPS) is 14.1. The van der Waals surface area contributed by atoms with Gasteiger partial charge in [-0.15, -0.1) is 0 Å².